The summed E-state index contributed by atoms with van der Waals surface area (Å²) in [4.78, 5) is 29.0. The van der Waals surface area contributed by atoms with E-state index in [4.69, 9.17) is 4.42 Å². The van der Waals surface area contributed by atoms with Crippen molar-refractivity contribution in [2.45, 2.75) is 19.9 Å². The summed E-state index contributed by atoms with van der Waals surface area (Å²) in [5.41, 5.74) is 1.92. The van der Waals surface area contributed by atoms with Gasteiger partial charge in [0.2, 0.25) is 10.0 Å². The van der Waals surface area contributed by atoms with E-state index in [-0.39, 0.29) is 28.9 Å². The SMILES string of the molecule is CCc1coc2c1ccc1c2c(-c2ccc[nH]c2=O)c(C(=O)NS(C)(=O)=O)n1Cc1ccccc1F. The van der Waals surface area contributed by atoms with Crippen molar-refractivity contribution >= 4 is 37.8 Å². The number of H-pyrrole nitrogens is 1. The normalized spacial score (nSPS) is 11.9. The standard InChI is InChI=1S/C26H22FN3O5S/c1-3-15-14-35-24-17(15)10-11-20-22(24)21(18-8-6-12-28-25(18)31)23(26(32)29-36(2,33)34)30(20)13-16-7-4-5-9-19(16)27/h4-12,14H,3,13H2,1-2H3,(H,28,31)(H,29,32). The number of carbonyl (C=O) groups is 1. The molecule has 0 bridgehead atoms. The molecule has 0 unspecified atom stereocenters. The quantitative estimate of drug-likeness (QED) is 0.358. The first-order chi connectivity index (χ1) is 17.2. The maximum atomic E-state index is 14.7. The fourth-order valence-electron chi connectivity index (χ4n) is 4.55. The van der Waals surface area contributed by atoms with Crippen LogP contribution >= 0.6 is 0 Å². The second kappa shape index (κ2) is 8.80. The molecule has 0 aliphatic heterocycles. The highest BCUT2D eigenvalue weighted by molar-refractivity contribution is 7.89. The molecule has 184 valence electrons. The van der Waals surface area contributed by atoms with Gasteiger partial charge < -0.3 is 14.0 Å². The first-order valence-corrected chi connectivity index (χ1v) is 13.1. The zero-order valence-corrected chi connectivity index (χ0v) is 20.3. The number of pyridine rings is 1. The minimum Gasteiger partial charge on any atom is -0.463 e. The van der Waals surface area contributed by atoms with E-state index in [0.29, 0.717) is 22.9 Å². The predicted octanol–water partition coefficient (Wildman–Crippen LogP) is 4.18. The van der Waals surface area contributed by atoms with Gasteiger partial charge in [0.1, 0.15) is 17.1 Å². The molecule has 2 aromatic carbocycles. The lowest BCUT2D eigenvalue weighted by molar-refractivity contribution is 0.0974. The molecule has 2 N–H and O–H groups in total. The largest absolute Gasteiger partial charge is 0.463 e. The van der Waals surface area contributed by atoms with E-state index in [0.717, 1.165) is 17.2 Å². The average Bonchev–Trinajstić information content (AvgIpc) is 3.38. The van der Waals surface area contributed by atoms with Gasteiger partial charge in [0, 0.05) is 22.7 Å². The molecule has 36 heavy (non-hydrogen) atoms. The van der Waals surface area contributed by atoms with Gasteiger partial charge in [-0.2, -0.15) is 0 Å². The third kappa shape index (κ3) is 3.99. The fourth-order valence-corrected chi connectivity index (χ4v) is 4.98. The van der Waals surface area contributed by atoms with E-state index in [9.17, 15) is 22.4 Å². The molecular formula is C26H22FN3O5S. The molecular weight excluding hydrogens is 485 g/mol. The van der Waals surface area contributed by atoms with Gasteiger partial charge in [0.15, 0.2) is 0 Å². The molecule has 0 fully saturated rings. The van der Waals surface area contributed by atoms with Crippen molar-refractivity contribution in [3.05, 3.63) is 94.0 Å². The number of fused-ring (bicyclic) bond motifs is 3. The van der Waals surface area contributed by atoms with E-state index in [1.54, 1.807) is 42.7 Å². The smallest absolute Gasteiger partial charge is 0.282 e. The Morgan fingerprint density at radius 1 is 1.11 bits per heavy atom. The highest BCUT2D eigenvalue weighted by Gasteiger charge is 2.29. The van der Waals surface area contributed by atoms with Crippen LogP contribution in [0.4, 0.5) is 4.39 Å². The van der Waals surface area contributed by atoms with Crippen LogP contribution in [0.15, 0.2) is 70.2 Å². The summed E-state index contributed by atoms with van der Waals surface area (Å²) in [6.07, 6.45) is 4.63. The van der Waals surface area contributed by atoms with Crippen LogP contribution in [-0.4, -0.2) is 30.1 Å². The maximum Gasteiger partial charge on any atom is 0.282 e. The topological polar surface area (TPSA) is 114 Å². The lowest BCUT2D eigenvalue weighted by Crippen LogP contribution is -2.32. The molecule has 3 aromatic heterocycles. The Morgan fingerprint density at radius 2 is 1.89 bits per heavy atom. The molecule has 0 radical (unpaired) electrons. The van der Waals surface area contributed by atoms with Crippen molar-refractivity contribution in [3.8, 4) is 11.1 Å². The number of hydrogen-bond donors (Lipinski definition) is 2. The summed E-state index contributed by atoms with van der Waals surface area (Å²) >= 11 is 0. The van der Waals surface area contributed by atoms with Gasteiger partial charge in [-0.3, -0.25) is 9.59 Å². The number of carbonyl (C=O) groups excluding carboxylic acids is 1. The van der Waals surface area contributed by atoms with Crippen LogP contribution in [0.5, 0.6) is 0 Å². The fraction of sp³-hybridized carbons (Fsp3) is 0.154. The molecule has 3 heterocycles. The number of hydrogen-bond acceptors (Lipinski definition) is 5. The second-order valence-electron chi connectivity index (χ2n) is 8.47. The minimum absolute atomic E-state index is 0.0900. The molecule has 5 rings (SSSR count). The maximum absolute atomic E-state index is 14.7. The van der Waals surface area contributed by atoms with Crippen LogP contribution in [0.3, 0.4) is 0 Å². The molecule has 5 aromatic rings. The minimum atomic E-state index is -3.95. The number of aromatic amines is 1. The molecule has 0 saturated heterocycles. The summed E-state index contributed by atoms with van der Waals surface area (Å²) in [6.45, 7) is 1.89. The summed E-state index contributed by atoms with van der Waals surface area (Å²) < 4.78 is 48.2. The van der Waals surface area contributed by atoms with Crippen molar-refractivity contribution in [3.63, 3.8) is 0 Å². The van der Waals surface area contributed by atoms with Crippen molar-refractivity contribution in [1.29, 1.82) is 0 Å². The lowest BCUT2D eigenvalue weighted by Gasteiger charge is -2.13. The monoisotopic (exact) mass is 507 g/mol. The van der Waals surface area contributed by atoms with E-state index in [2.05, 4.69) is 4.98 Å². The van der Waals surface area contributed by atoms with Crippen LogP contribution in [0, 0.1) is 5.82 Å². The van der Waals surface area contributed by atoms with Crippen LogP contribution in [0.1, 0.15) is 28.5 Å². The van der Waals surface area contributed by atoms with Crippen LogP contribution in [0.2, 0.25) is 0 Å². The van der Waals surface area contributed by atoms with Crippen LogP contribution in [-0.2, 0) is 23.0 Å². The molecule has 0 saturated carbocycles. The molecule has 0 aliphatic carbocycles. The highest BCUT2D eigenvalue weighted by atomic mass is 32.2. The first kappa shape index (κ1) is 23.6. The third-order valence-electron chi connectivity index (χ3n) is 6.10. The Balaban J connectivity index is 1.96. The molecule has 8 nitrogen and oxygen atoms in total. The zero-order valence-electron chi connectivity index (χ0n) is 19.5. The van der Waals surface area contributed by atoms with E-state index in [1.165, 1.54) is 16.8 Å². The van der Waals surface area contributed by atoms with Crippen molar-refractivity contribution in [2.24, 2.45) is 0 Å². The van der Waals surface area contributed by atoms with Crippen molar-refractivity contribution < 1.29 is 22.0 Å². The van der Waals surface area contributed by atoms with Gasteiger partial charge in [0.25, 0.3) is 11.5 Å². The zero-order chi connectivity index (χ0) is 25.6. The molecule has 1 amide bonds. The second-order valence-corrected chi connectivity index (χ2v) is 10.2. The summed E-state index contributed by atoms with van der Waals surface area (Å²) in [5.74, 6) is -1.43. The lowest BCUT2D eigenvalue weighted by atomic mass is 10.0. The average molecular weight is 508 g/mol. The number of halogens is 1. The van der Waals surface area contributed by atoms with Gasteiger partial charge in [-0.05, 0) is 42.3 Å². The van der Waals surface area contributed by atoms with Crippen LogP contribution < -0.4 is 10.3 Å². The number of aromatic nitrogens is 2. The van der Waals surface area contributed by atoms with Gasteiger partial charge in [-0.1, -0.05) is 25.1 Å². The van der Waals surface area contributed by atoms with Gasteiger partial charge in [-0.15, -0.1) is 0 Å². The number of nitrogens with one attached hydrogen (secondary N) is 2. The highest BCUT2D eigenvalue weighted by Crippen LogP contribution is 2.40. The van der Waals surface area contributed by atoms with Gasteiger partial charge >= 0.3 is 0 Å². The Hall–Kier alpha value is -4.18. The Labute approximate surface area is 205 Å². The van der Waals surface area contributed by atoms with E-state index < -0.39 is 27.3 Å². The summed E-state index contributed by atoms with van der Waals surface area (Å²) in [7, 11) is -3.95. The number of furan rings is 1. The van der Waals surface area contributed by atoms with Crippen molar-refractivity contribution in [2.75, 3.05) is 6.26 Å². The molecule has 0 aliphatic rings. The number of nitrogens with zero attached hydrogens (tertiary/aromatic N) is 1. The van der Waals surface area contributed by atoms with Crippen molar-refractivity contribution in [1.82, 2.24) is 14.3 Å². The Bertz CT molecular complexity index is 1810. The number of aryl methyl sites for hydroxylation is 1. The number of amides is 1. The molecule has 0 spiro atoms. The van der Waals surface area contributed by atoms with E-state index >= 15 is 0 Å². The first-order valence-electron chi connectivity index (χ1n) is 11.2. The van der Waals surface area contributed by atoms with Gasteiger partial charge in [0.05, 0.1) is 35.5 Å². The van der Waals surface area contributed by atoms with Crippen LogP contribution in [0.25, 0.3) is 33.0 Å². The Morgan fingerprint density at radius 3 is 2.58 bits per heavy atom. The summed E-state index contributed by atoms with van der Waals surface area (Å²) in [6, 6.07) is 12.9. The Kier molecular flexibility index (Phi) is 5.76. The summed E-state index contributed by atoms with van der Waals surface area (Å²) in [5, 5.41) is 1.26. The molecule has 0 atom stereocenters. The number of rotatable bonds is 6. The van der Waals surface area contributed by atoms with E-state index in [1.807, 2.05) is 17.7 Å². The predicted molar refractivity (Wildman–Crippen MR) is 135 cm³/mol. The third-order valence-corrected chi connectivity index (χ3v) is 6.65. The van der Waals surface area contributed by atoms with Gasteiger partial charge in [-0.25, -0.2) is 17.5 Å². The number of sulfonamides is 1. The number of benzene rings is 2. The molecule has 10 heteroatoms.